The number of aromatic nitrogens is 2. The molecule has 1 aromatic heterocycles. The summed E-state index contributed by atoms with van der Waals surface area (Å²) in [6.07, 6.45) is -0.781. The van der Waals surface area contributed by atoms with Gasteiger partial charge >= 0.3 is 6.18 Å². The molecule has 2 aromatic rings. The van der Waals surface area contributed by atoms with Crippen molar-refractivity contribution in [3.05, 3.63) is 58.1 Å². The summed E-state index contributed by atoms with van der Waals surface area (Å²) in [5.41, 5.74) is -0.821. The van der Waals surface area contributed by atoms with Gasteiger partial charge in [-0.05, 0) is 18.2 Å². The summed E-state index contributed by atoms with van der Waals surface area (Å²) in [6, 6.07) is 3.31. The second-order valence-corrected chi connectivity index (χ2v) is 4.50. The first kappa shape index (κ1) is 13.7. The summed E-state index contributed by atoms with van der Waals surface area (Å²) >= 11 is 2.82. The van der Waals surface area contributed by atoms with Gasteiger partial charge in [0.05, 0.1) is 11.1 Å². The number of halogens is 4. The molecule has 0 saturated carbocycles. The number of hydrogen-bond donors (Lipinski definition) is 0. The standard InChI is InChI=1S/C12H6BrF3N2O/c13-10-2-1-7(3-9(10)12(14,15)16)11(19)8-4-17-6-18-5-8/h1-6H. The third kappa shape index (κ3) is 2.98. The van der Waals surface area contributed by atoms with Gasteiger partial charge in [-0.15, -0.1) is 0 Å². The lowest BCUT2D eigenvalue weighted by Crippen LogP contribution is -2.09. The third-order valence-corrected chi connectivity index (χ3v) is 3.05. The van der Waals surface area contributed by atoms with E-state index in [1.165, 1.54) is 30.9 Å². The van der Waals surface area contributed by atoms with E-state index in [0.717, 1.165) is 6.07 Å². The number of alkyl halides is 3. The molecule has 7 heteroatoms. The van der Waals surface area contributed by atoms with Crippen LogP contribution in [0.25, 0.3) is 0 Å². The van der Waals surface area contributed by atoms with Crippen LogP contribution in [0.5, 0.6) is 0 Å². The lowest BCUT2D eigenvalue weighted by Gasteiger charge is -2.10. The van der Waals surface area contributed by atoms with E-state index in [4.69, 9.17) is 0 Å². The van der Waals surface area contributed by atoms with Crippen LogP contribution in [-0.2, 0) is 6.18 Å². The second kappa shape index (κ2) is 5.08. The number of hydrogen-bond acceptors (Lipinski definition) is 3. The molecule has 0 fully saturated rings. The van der Waals surface area contributed by atoms with Gasteiger partial charge in [0.1, 0.15) is 6.33 Å². The van der Waals surface area contributed by atoms with Crippen LogP contribution in [0.2, 0.25) is 0 Å². The Morgan fingerprint density at radius 1 is 1.11 bits per heavy atom. The molecule has 0 spiro atoms. The van der Waals surface area contributed by atoms with Crippen molar-refractivity contribution in [1.29, 1.82) is 0 Å². The predicted molar refractivity (Wildman–Crippen MR) is 64.6 cm³/mol. The minimum atomic E-state index is -4.53. The summed E-state index contributed by atoms with van der Waals surface area (Å²) in [4.78, 5) is 19.3. The van der Waals surface area contributed by atoms with E-state index in [2.05, 4.69) is 25.9 Å². The first-order valence-electron chi connectivity index (χ1n) is 5.06. The average Bonchev–Trinajstić information content (AvgIpc) is 2.38. The van der Waals surface area contributed by atoms with Crippen molar-refractivity contribution in [3.63, 3.8) is 0 Å². The number of carbonyl (C=O) groups is 1. The Labute approximate surface area is 114 Å². The molecule has 0 bridgehead atoms. The van der Waals surface area contributed by atoms with Crippen LogP contribution in [-0.4, -0.2) is 15.8 Å². The average molecular weight is 331 g/mol. The highest BCUT2D eigenvalue weighted by atomic mass is 79.9. The second-order valence-electron chi connectivity index (χ2n) is 3.65. The Hall–Kier alpha value is -1.76. The number of rotatable bonds is 2. The van der Waals surface area contributed by atoms with Crippen LogP contribution in [0, 0.1) is 0 Å². The summed E-state index contributed by atoms with van der Waals surface area (Å²) in [6.45, 7) is 0. The zero-order valence-corrected chi connectivity index (χ0v) is 10.9. The van der Waals surface area contributed by atoms with Crippen LogP contribution in [0.1, 0.15) is 21.5 Å². The fourth-order valence-corrected chi connectivity index (χ4v) is 1.94. The van der Waals surface area contributed by atoms with Crippen molar-refractivity contribution in [2.45, 2.75) is 6.18 Å². The maximum Gasteiger partial charge on any atom is 0.417 e. The molecule has 0 N–H and O–H groups in total. The fraction of sp³-hybridized carbons (Fsp3) is 0.0833. The number of ketones is 1. The van der Waals surface area contributed by atoms with E-state index >= 15 is 0 Å². The topological polar surface area (TPSA) is 42.9 Å². The van der Waals surface area contributed by atoms with Crippen molar-refractivity contribution >= 4 is 21.7 Å². The smallest absolute Gasteiger partial charge is 0.288 e. The molecule has 0 aliphatic heterocycles. The Bertz CT molecular complexity index is 614. The van der Waals surface area contributed by atoms with E-state index in [0.29, 0.717) is 0 Å². The van der Waals surface area contributed by atoms with Gasteiger partial charge in [0, 0.05) is 22.4 Å². The first-order chi connectivity index (χ1) is 8.89. The summed E-state index contributed by atoms with van der Waals surface area (Å²) in [5.74, 6) is -0.557. The Morgan fingerprint density at radius 2 is 1.74 bits per heavy atom. The Balaban J connectivity index is 2.45. The van der Waals surface area contributed by atoms with Crippen LogP contribution in [0.4, 0.5) is 13.2 Å². The maximum absolute atomic E-state index is 12.7. The van der Waals surface area contributed by atoms with Gasteiger partial charge in [-0.3, -0.25) is 4.79 Å². The summed E-state index contributed by atoms with van der Waals surface area (Å²) in [5, 5.41) is 0. The molecule has 0 atom stereocenters. The predicted octanol–water partition coefficient (Wildman–Crippen LogP) is 3.49. The monoisotopic (exact) mass is 330 g/mol. The van der Waals surface area contributed by atoms with Crippen LogP contribution >= 0.6 is 15.9 Å². The van der Waals surface area contributed by atoms with Crippen molar-refractivity contribution in [2.24, 2.45) is 0 Å². The lowest BCUT2D eigenvalue weighted by atomic mass is 10.0. The molecule has 0 radical (unpaired) electrons. The van der Waals surface area contributed by atoms with Gasteiger partial charge in [0.25, 0.3) is 0 Å². The SMILES string of the molecule is O=C(c1cncnc1)c1ccc(Br)c(C(F)(F)F)c1. The number of benzene rings is 1. The molecular formula is C12H6BrF3N2O. The first-order valence-corrected chi connectivity index (χ1v) is 5.85. The van der Waals surface area contributed by atoms with E-state index < -0.39 is 17.5 Å². The molecule has 3 nitrogen and oxygen atoms in total. The van der Waals surface area contributed by atoms with Crippen molar-refractivity contribution < 1.29 is 18.0 Å². The van der Waals surface area contributed by atoms with E-state index in [-0.39, 0.29) is 15.6 Å². The van der Waals surface area contributed by atoms with E-state index in [1.807, 2.05) is 0 Å². The van der Waals surface area contributed by atoms with Gasteiger partial charge in [-0.2, -0.15) is 13.2 Å². The highest BCUT2D eigenvalue weighted by molar-refractivity contribution is 9.10. The van der Waals surface area contributed by atoms with Gasteiger partial charge < -0.3 is 0 Å². The highest BCUT2D eigenvalue weighted by Gasteiger charge is 2.33. The minimum absolute atomic E-state index is 0.0645. The fourth-order valence-electron chi connectivity index (χ4n) is 1.47. The van der Waals surface area contributed by atoms with Gasteiger partial charge in [-0.25, -0.2) is 9.97 Å². The number of carbonyl (C=O) groups excluding carboxylic acids is 1. The van der Waals surface area contributed by atoms with Crippen molar-refractivity contribution in [3.8, 4) is 0 Å². The van der Waals surface area contributed by atoms with E-state index in [9.17, 15) is 18.0 Å². The zero-order valence-electron chi connectivity index (χ0n) is 9.28. The molecule has 0 unspecified atom stereocenters. The third-order valence-electron chi connectivity index (χ3n) is 2.36. The Morgan fingerprint density at radius 3 is 2.32 bits per heavy atom. The quantitative estimate of drug-likeness (QED) is 0.791. The summed E-state index contributed by atoms with van der Waals surface area (Å²) < 4.78 is 38.1. The summed E-state index contributed by atoms with van der Waals surface area (Å²) in [7, 11) is 0. The van der Waals surface area contributed by atoms with Gasteiger partial charge in [0.15, 0.2) is 5.78 Å². The van der Waals surface area contributed by atoms with Crippen LogP contribution in [0.3, 0.4) is 0 Å². The molecule has 2 rings (SSSR count). The maximum atomic E-state index is 12.7. The molecule has 0 saturated heterocycles. The molecule has 1 heterocycles. The van der Waals surface area contributed by atoms with E-state index in [1.54, 1.807) is 0 Å². The minimum Gasteiger partial charge on any atom is -0.288 e. The Kier molecular flexibility index (Phi) is 3.66. The van der Waals surface area contributed by atoms with Crippen LogP contribution < -0.4 is 0 Å². The lowest BCUT2D eigenvalue weighted by molar-refractivity contribution is -0.138. The zero-order chi connectivity index (χ0) is 14.0. The van der Waals surface area contributed by atoms with Crippen molar-refractivity contribution in [2.75, 3.05) is 0 Å². The normalized spacial score (nSPS) is 11.4. The molecule has 19 heavy (non-hydrogen) atoms. The largest absolute Gasteiger partial charge is 0.417 e. The molecule has 0 amide bonds. The molecule has 1 aromatic carbocycles. The molecule has 0 aliphatic carbocycles. The molecule has 98 valence electrons. The highest BCUT2D eigenvalue weighted by Crippen LogP contribution is 2.35. The molecular weight excluding hydrogens is 325 g/mol. The van der Waals surface area contributed by atoms with Crippen molar-refractivity contribution in [1.82, 2.24) is 9.97 Å². The van der Waals surface area contributed by atoms with Gasteiger partial charge in [0.2, 0.25) is 0 Å². The van der Waals surface area contributed by atoms with Crippen LogP contribution in [0.15, 0.2) is 41.4 Å². The number of nitrogens with zero attached hydrogens (tertiary/aromatic N) is 2. The van der Waals surface area contributed by atoms with Gasteiger partial charge in [-0.1, -0.05) is 15.9 Å². The molecule has 0 aliphatic rings.